The molecule has 0 radical (unpaired) electrons. The highest BCUT2D eigenvalue weighted by molar-refractivity contribution is 4.87. The molecule has 0 aliphatic carbocycles. The highest BCUT2D eigenvalue weighted by Crippen LogP contribution is 2.33. The van der Waals surface area contributed by atoms with Gasteiger partial charge in [0, 0.05) is 17.6 Å². The highest BCUT2D eigenvalue weighted by atomic mass is 15.2. The van der Waals surface area contributed by atoms with E-state index in [1.165, 1.54) is 51.9 Å². The lowest BCUT2D eigenvalue weighted by molar-refractivity contribution is 0.0798. The van der Waals surface area contributed by atoms with Crippen molar-refractivity contribution in [2.24, 2.45) is 11.8 Å². The van der Waals surface area contributed by atoms with E-state index >= 15 is 0 Å². The molecule has 0 aromatic carbocycles. The monoisotopic (exact) mass is 280 g/mol. The quantitative estimate of drug-likeness (QED) is 0.754. The Morgan fingerprint density at radius 1 is 0.700 bits per heavy atom. The van der Waals surface area contributed by atoms with Gasteiger partial charge in [-0.15, -0.1) is 0 Å². The first-order valence-electron chi connectivity index (χ1n) is 8.66. The van der Waals surface area contributed by atoms with Crippen molar-refractivity contribution in [1.82, 2.24) is 9.80 Å². The molecule has 0 aromatic heterocycles. The molecule has 0 bridgehead atoms. The van der Waals surface area contributed by atoms with Crippen LogP contribution in [-0.2, 0) is 0 Å². The molecule has 2 fully saturated rings. The maximum atomic E-state index is 2.68. The maximum Gasteiger partial charge on any atom is 0.0125 e. The average Bonchev–Trinajstić information content (AvgIpc) is 2.77. The van der Waals surface area contributed by atoms with Gasteiger partial charge in [0.1, 0.15) is 0 Å². The molecule has 2 heteroatoms. The normalized spacial score (nSPS) is 28.2. The van der Waals surface area contributed by atoms with E-state index in [2.05, 4.69) is 51.3 Å². The summed E-state index contributed by atoms with van der Waals surface area (Å²) in [7, 11) is 0. The third-order valence-corrected chi connectivity index (χ3v) is 5.46. The Labute approximate surface area is 126 Å². The van der Waals surface area contributed by atoms with Crippen molar-refractivity contribution in [2.45, 2.75) is 78.3 Å². The van der Waals surface area contributed by atoms with Gasteiger partial charge in [-0.2, -0.15) is 0 Å². The molecule has 2 rings (SSSR count). The van der Waals surface area contributed by atoms with Crippen molar-refractivity contribution >= 4 is 0 Å². The van der Waals surface area contributed by atoms with Crippen LogP contribution >= 0.6 is 0 Å². The second kappa shape index (κ2) is 5.96. The van der Waals surface area contributed by atoms with E-state index in [4.69, 9.17) is 0 Å². The molecule has 2 aliphatic heterocycles. The minimum atomic E-state index is 0.362. The van der Waals surface area contributed by atoms with Gasteiger partial charge in [0.15, 0.2) is 0 Å². The first-order chi connectivity index (χ1) is 9.16. The summed E-state index contributed by atoms with van der Waals surface area (Å²) in [6.07, 6.45) is 5.74. The van der Waals surface area contributed by atoms with E-state index in [1.54, 1.807) is 0 Å². The number of hydrogen-bond acceptors (Lipinski definition) is 2. The van der Waals surface area contributed by atoms with Crippen LogP contribution in [-0.4, -0.2) is 47.1 Å². The number of likely N-dealkylation sites (tertiary alicyclic amines) is 2. The van der Waals surface area contributed by atoms with Crippen LogP contribution in [0.2, 0.25) is 0 Å². The van der Waals surface area contributed by atoms with E-state index in [0.717, 1.165) is 11.8 Å². The standard InChI is InChI=1S/C18H36N2/c1-17(2,3)19-10-7-15(8-11-19)13-16-9-12-20(14-16)18(4,5)6/h15-16H,7-14H2,1-6H3/t16-/m1/s1. The molecule has 20 heavy (non-hydrogen) atoms. The summed E-state index contributed by atoms with van der Waals surface area (Å²) in [5, 5.41) is 0. The molecule has 1 atom stereocenters. The zero-order valence-corrected chi connectivity index (χ0v) is 14.7. The van der Waals surface area contributed by atoms with E-state index in [1.807, 2.05) is 0 Å². The minimum absolute atomic E-state index is 0.362. The lowest BCUT2D eigenvalue weighted by Gasteiger charge is -2.41. The van der Waals surface area contributed by atoms with Gasteiger partial charge in [-0.25, -0.2) is 0 Å². The molecule has 0 saturated carbocycles. The molecule has 0 amide bonds. The van der Waals surface area contributed by atoms with Gasteiger partial charge in [0.25, 0.3) is 0 Å². The second-order valence-corrected chi connectivity index (χ2v) is 9.11. The van der Waals surface area contributed by atoms with Gasteiger partial charge >= 0.3 is 0 Å². The fourth-order valence-corrected chi connectivity index (χ4v) is 3.95. The summed E-state index contributed by atoms with van der Waals surface area (Å²) in [5.74, 6) is 1.94. The van der Waals surface area contributed by atoms with Crippen LogP contribution in [0.4, 0.5) is 0 Å². The van der Waals surface area contributed by atoms with E-state index in [-0.39, 0.29) is 0 Å². The van der Waals surface area contributed by atoms with Crippen molar-refractivity contribution in [3.05, 3.63) is 0 Å². The Morgan fingerprint density at radius 2 is 1.15 bits per heavy atom. The molecule has 0 N–H and O–H groups in total. The van der Waals surface area contributed by atoms with Gasteiger partial charge in [0.2, 0.25) is 0 Å². The van der Waals surface area contributed by atoms with Crippen LogP contribution in [0, 0.1) is 11.8 Å². The summed E-state index contributed by atoms with van der Waals surface area (Å²) < 4.78 is 0. The van der Waals surface area contributed by atoms with Crippen LogP contribution < -0.4 is 0 Å². The van der Waals surface area contributed by atoms with Crippen LogP contribution in [0.15, 0.2) is 0 Å². The van der Waals surface area contributed by atoms with E-state index < -0.39 is 0 Å². The molecule has 0 aromatic rings. The zero-order valence-electron chi connectivity index (χ0n) is 14.7. The number of hydrogen-bond donors (Lipinski definition) is 0. The minimum Gasteiger partial charge on any atom is -0.298 e. The van der Waals surface area contributed by atoms with Gasteiger partial charge in [-0.1, -0.05) is 0 Å². The summed E-state index contributed by atoms with van der Waals surface area (Å²) in [6, 6.07) is 0. The predicted molar refractivity (Wildman–Crippen MR) is 88.1 cm³/mol. The van der Waals surface area contributed by atoms with Crippen LogP contribution in [0.25, 0.3) is 0 Å². The van der Waals surface area contributed by atoms with Crippen molar-refractivity contribution in [3.8, 4) is 0 Å². The van der Waals surface area contributed by atoms with Crippen LogP contribution in [0.5, 0.6) is 0 Å². The largest absolute Gasteiger partial charge is 0.298 e. The Kier molecular flexibility index (Phi) is 4.86. The smallest absolute Gasteiger partial charge is 0.0125 e. The number of piperidine rings is 1. The molecule has 2 saturated heterocycles. The fourth-order valence-electron chi connectivity index (χ4n) is 3.95. The van der Waals surface area contributed by atoms with Gasteiger partial charge < -0.3 is 0 Å². The Morgan fingerprint density at radius 3 is 1.60 bits per heavy atom. The molecular weight excluding hydrogens is 244 g/mol. The summed E-state index contributed by atoms with van der Waals surface area (Å²) in [4.78, 5) is 5.35. The highest BCUT2D eigenvalue weighted by Gasteiger charge is 2.33. The second-order valence-electron chi connectivity index (χ2n) is 9.11. The number of nitrogens with zero attached hydrogens (tertiary/aromatic N) is 2. The maximum absolute atomic E-state index is 2.68. The Bertz CT molecular complexity index is 302. The van der Waals surface area contributed by atoms with Crippen molar-refractivity contribution in [2.75, 3.05) is 26.2 Å². The molecule has 2 heterocycles. The third kappa shape index (κ3) is 4.21. The lowest BCUT2D eigenvalue weighted by atomic mass is 9.85. The van der Waals surface area contributed by atoms with Gasteiger partial charge in [-0.3, -0.25) is 9.80 Å². The van der Waals surface area contributed by atoms with Crippen molar-refractivity contribution in [3.63, 3.8) is 0 Å². The first-order valence-corrected chi connectivity index (χ1v) is 8.66. The molecule has 0 unspecified atom stereocenters. The van der Waals surface area contributed by atoms with Crippen molar-refractivity contribution in [1.29, 1.82) is 0 Å². The van der Waals surface area contributed by atoms with Crippen molar-refractivity contribution < 1.29 is 0 Å². The van der Waals surface area contributed by atoms with E-state index in [9.17, 15) is 0 Å². The van der Waals surface area contributed by atoms with Gasteiger partial charge in [-0.05, 0) is 98.7 Å². The first kappa shape index (κ1) is 16.3. The predicted octanol–water partition coefficient (Wildman–Crippen LogP) is 4.01. The zero-order chi connectivity index (χ0) is 15.0. The Balaban J connectivity index is 1.74. The van der Waals surface area contributed by atoms with E-state index in [0.29, 0.717) is 11.1 Å². The molecule has 0 spiro atoms. The molecular formula is C18H36N2. The fraction of sp³-hybridized carbons (Fsp3) is 1.00. The Hall–Kier alpha value is -0.0800. The van der Waals surface area contributed by atoms with Crippen LogP contribution in [0.1, 0.15) is 67.2 Å². The average molecular weight is 281 g/mol. The summed E-state index contributed by atoms with van der Waals surface area (Å²) >= 11 is 0. The molecule has 118 valence electrons. The molecule has 2 nitrogen and oxygen atoms in total. The van der Waals surface area contributed by atoms with Crippen LogP contribution in [0.3, 0.4) is 0 Å². The lowest BCUT2D eigenvalue weighted by Crippen LogP contribution is -2.46. The molecule has 2 aliphatic rings. The third-order valence-electron chi connectivity index (χ3n) is 5.46. The number of rotatable bonds is 2. The SMILES string of the molecule is CC(C)(C)N1CCC(C[C@H]2CCN(C(C)(C)C)C2)CC1. The summed E-state index contributed by atoms with van der Waals surface area (Å²) in [5.41, 5.74) is 0.728. The summed E-state index contributed by atoms with van der Waals surface area (Å²) in [6.45, 7) is 19.4. The van der Waals surface area contributed by atoms with Gasteiger partial charge in [0.05, 0.1) is 0 Å². The topological polar surface area (TPSA) is 6.48 Å².